The maximum Gasteiger partial charge on any atom is -0.0383 e. The van der Waals surface area contributed by atoms with Crippen LogP contribution in [0.25, 0.3) is 0 Å². The third kappa shape index (κ3) is 3.00. The SMILES string of the molecule is CC.C[C@H]1CC[C@H]2CCCCC2C1. The van der Waals surface area contributed by atoms with Crippen LogP contribution in [0.15, 0.2) is 0 Å². The van der Waals surface area contributed by atoms with Gasteiger partial charge >= 0.3 is 0 Å². The van der Waals surface area contributed by atoms with Crippen molar-refractivity contribution in [2.75, 3.05) is 0 Å². The second-order valence-electron chi connectivity index (χ2n) is 4.72. The summed E-state index contributed by atoms with van der Waals surface area (Å²) in [5.41, 5.74) is 0. The molecule has 2 rings (SSSR count). The number of rotatable bonds is 0. The van der Waals surface area contributed by atoms with E-state index in [2.05, 4.69) is 6.92 Å². The molecule has 0 aliphatic heterocycles. The Morgan fingerprint density at radius 2 is 1.38 bits per heavy atom. The smallest absolute Gasteiger partial charge is 0.0383 e. The molecule has 13 heavy (non-hydrogen) atoms. The van der Waals surface area contributed by atoms with Gasteiger partial charge in [-0.2, -0.15) is 0 Å². The van der Waals surface area contributed by atoms with Crippen molar-refractivity contribution in [2.45, 2.75) is 65.7 Å². The van der Waals surface area contributed by atoms with Gasteiger partial charge in [0.15, 0.2) is 0 Å². The molecule has 0 nitrogen and oxygen atoms in total. The number of hydrogen-bond acceptors (Lipinski definition) is 0. The van der Waals surface area contributed by atoms with Crippen LogP contribution >= 0.6 is 0 Å². The van der Waals surface area contributed by atoms with Gasteiger partial charge in [-0.1, -0.05) is 52.9 Å². The molecular formula is C13H26. The van der Waals surface area contributed by atoms with Gasteiger partial charge in [-0.25, -0.2) is 0 Å². The average molecular weight is 182 g/mol. The lowest BCUT2D eigenvalue weighted by Crippen LogP contribution is -2.26. The van der Waals surface area contributed by atoms with Crippen molar-refractivity contribution in [3.05, 3.63) is 0 Å². The predicted octanol–water partition coefficient (Wildman–Crippen LogP) is 4.64. The summed E-state index contributed by atoms with van der Waals surface area (Å²) in [6.07, 6.45) is 10.8. The molecule has 0 aromatic heterocycles. The lowest BCUT2D eigenvalue weighted by atomic mass is 9.68. The van der Waals surface area contributed by atoms with Gasteiger partial charge < -0.3 is 0 Å². The summed E-state index contributed by atoms with van der Waals surface area (Å²) < 4.78 is 0. The van der Waals surface area contributed by atoms with Crippen LogP contribution in [0.1, 0.15) is 65.7 Å². The summed E-state index contributed by atoms with van der Waals surface area (Å²) in [6.45, 7) is 6.44. The molecule has 0 aromatic rings. The zero-order chi connectivity index (χ0) is 9.68. The highest BCUT2D eigenvalue weighted by atomic mass is 14.4. The van der Waals surface area contributed by atoms with Gasteiger partial charge in [-0.15, -0.1) is 0 Å². The van der Waals surface area contributed by atoms with E-state index in [4.69, 9.17) is 0 Å². The van der Waals surface area contributed by atoms with Crippen LogP contribution in [0.3, 0.4) is 0 Å². The maximum atomic E-state index is 2.44. The highest BCUT2D eigenvalue weighted by Crippen LogP contribution is 2.42. The molecule has 0 N–H and O–H groups in total. The van der Waals surface area contributed by atoms with Crippen molar-refractivity contribution in [2.24, 2.45) is 17.8 Å². The second-order valence-corrected chi connectivity index (χ2v) is 4.72. The molecule has 0 amide bonds. The minimum absolute atomic E-state index is 1.04. The van der Waals surface area contributed by atoms with Crippen LogP contribution in [-0.4, -0.2) is 0 Å². The second kappa shape index (κ2) is 5.67. The Bertz CT molecular complexity index is 128. The van der Waals surface area contributed by atoms with E-state index >= 15 is 0 Å². The summed E-state index contributed by atoms with van der Waals surface area (Å²) in [6, 6.07) is 0. The maximum absolute atomic E-state index is 2.44. The molecule has 0 saturated heterocycles. The molecule has 0 heteroatoms. The standard InChI is InChI=1S/C11H20.C2H6/c1-9-6-7-10-4-2-3-5-11(10)8-9;1-2/h9-11H,2-8H2,1H3;1-2H3/t9-,10+,11?;/m0./s1. The van der Waals surface area contributed by atoms with Crippen molar-refractivity contribution in [1.29, 1.82) is 0 Å². The van der Waals surface area contributed by atoms with Crippen LogP contribution < -0.4 is 0 Å². The monoisotopic (exact) mass is 182 g/mol. The van der Waals surface area contributed by atoms with E-state index in [0.29, 0.717) is 0 Å². The van der Waals surface area contributed by atoms with E-state index in [1.165, 1.54) is 19.3 Å². The molecule has 78 valence electrons. The van der Waals surface area contributed by atoms with Crippen molar-refractivity contribution < 1.29 is 0 Å². The van der Waals surface area contributed by atoms with Crippen LogP contribution in [-0.2, 0) is 0 Å². The first-order chi connectivity index (χ1) is 6.36. The Kier molecular flexibility index (Phi) is 4.83. The first-order valence-corrected chi connectivity index (χ1v) is 6.36. The highest BCUT2D eigenvalue weighted by Gasteiger charge is 2.29. The van der Waals surface area contributed by atoms with Crippen molar-refractivity contribution >= 4 is 0 Å². The van der Waals surface area contributed by atoms with Gasteiger partial charge in [-0.05, 0) is 30.6 Å². The quantitative estimate of drug-likeness (QED) is 0.512. The van der Waals surface area contributed by atoms with E-state index < -0.39 is 0 Å². The Labute approximate surface area is 84.1 Å². The van der Waals surface area contributed by atoms with Gasteiger partial charge in [0, 0.05) is 0 Å². The summed E-state index contributed by atoms with van der Waals surface area (Å²) in [4.78, 5) is 0. The lowest BCUT2D eigenvalue weighted by molar-refractivity contribution is 0.137. The topological polar surface area (TPSA) is 0 Å². The van der Waals surface area contributed by atoms with Crippen molar-refractivity contribution in [1.82, 2.24) is 0 Å². The number of fused-ring (bicyclic) bond motifs is 1. The summed E-state index contributed by atoms with van der Waals surface area (Å²) in [5.74, 6) is 3.31. The fraction of sp³-hybridized carbons (Fsp3) is 1.00. The third-order valence-electron chi connectivity index (χ3n) is 3.80. The zero-order valence-electron chi connectivity index (χ0n) is 9.68. The fourth-order valence-corrected chi connectivity index (χ4v) is 3.11. The average Bonchev–Trinajstić information content (AvgIpc) is 2.21. The van der Waals surface area contributed by atoms with E-state index in [1.54, 1.807) is 25.7 Å². The molecule has 0 heterocycles. The van der Waals surface area contributed by atoms with Crippen LogP contribution in [0.2, 0.25) is 0 Å². The largest absolute Gasteiger partial charge is 0.0683 e. The Hall–Kier alpha value is 0. The minimum Gasteiger partial charge on any atom is -0.0683 e. The molecule has 1 unspecified atom stereocenters. The normalized spacial score (nSPS) is 38.5. The first-order valence-electron chi connectivity index (χ1n) is 6.36. The molecule has 2 aliphatic rings. The Morgan fingerprint density at radius 1 is 0.769 bits per heavy atom. The molecule has 2 aliphatic carbocycles. The highest BCUT2D eigenvalue weighted by molar-refractivity contribution is 4.81. The van der Waals surface area contributed by atoms with Gasteiger partial charge in [-0.3, -0.25) is 0 Å². The Morgan fingerprint density at radius 3 is 2.08 bits per heavy atom. The van der Waals surface area contributed by atoms with E-state index in [9.17, 15) is 0 Å². The van der Waals surface area contributed by atoms with Crippen LogP contribution in [0.4, 0.5) is 0 Å². The third-order valence-corrected chi connectivity index (χ3v) is 3.80. The van der Waals surface area contributed by atoms with Gasteiger partial charge in [0.05, 0.1) is 0 Å². The van der Waals surface area contributed by atoms with E-state index in [0.717, 1.165) is 17.8 Å². The summed E-state index contributed by atoms with van der Waals surface area (Å²) in [5, 5.41) is 0. The van der Waals surface area contributed by atoms with E-state index in [1.807, 2.05) is 13.8 Å². The molecule has 0 aromatic carbocycles. The molecule has 0 bridgehead atoms. The van der Waals surface area contributed by atoms with Gasteiger partial charge in [0.1, 0.15) is 0 Å². The minimum atomic E-state index is 1.04. The van der Waals surface area contributed by atoms with E-state index in [-0.39, 0.29) is 0 Å². The number of hydrogen-bond donors (Lipinski definition) is 0. The predicted molar refractivity (Wildman–Crippen MR) is 59.8 cm³/mol. The van der Waals surface area contributed by atoms with Gasteiger partial charge in [0.25, 0.3) is 0 Å². The lowest BCUT2D eigenvalue weighted by Gasteiger charge is -2.38. The Balaban J connectivity index is 0.000000396. The molecular weight excluding hydrogens is 156 g/mol. The summed E-state index contributed by atoms with van der Waals surface area (Å²) >= 11 is 0. The van der Waals surface area contributed by atoms with Crippen molar-refractivity contribution in [3.63, 3.8) is 0 Å². The molecule has 0 radical (unpaired) electrons. The van der Waals surface area contributed by atoms with Crippen LogP contribution in [0.5, 0.6) is 0 Å². The summed E-state index contributed by atoms with van der Waals surface area (Å²) in [7, 11) is 0. The fourth-order valence-electron chi connectivity index (χ4n) is 3.11. The van der Waals surface area contributed by atoms with Crippen molar-refractivity contribution in [3.8, 4) is 0 Å². The molecule has 3 atom stereocenters. The van der Waals surface area contributed by atoms with Crippen LogP contribution in [0, 0.1) is 17.8 Å². The molecule has 2 saturated carbocycles. The molecule has 0 spiro atoms. The van der Waals surface area contributed by atoms with Gasteiger partial charge in [0.2, 0.25) is 0 Å². The zero-order valence-corrected chi connectivity index (χ0v) is 9.68. The first kappa shape index (κ1) is 11.1. The molecule has 2 fully saturated rings.